The second kappa shape index (κ2) is 2.26. The van der Waals surface area contributed by atoms with E-state index < -0.39 is 0 Å². The number of hydrogen-bond donors (Lipinski definition) is 0. The minimum atomic E-state index is 0.963. The van der Waals surface area contributed by atoms with E-state index in [1.165, 1.54) is 0 Å². The summed E-state index contributed by atoms with van der Waals surface area (Å²) in [4.78, 5) is 0. The Labute approximate surface area is 74.1 Å². The number of rotatable bonds is 0. The lowest BCUT2D eigenvalue weighted by Gasteiger charge is -1.90. The first-order chi connectivity index (χ1) is 6.45. The minimum Gasteiger partial charge on any atom is -0.194 e. The monoisotopic (exact) mass is 171 g/mol. The Bertz CT molecular complexity index is 570. The van der Waals surface area contributed by atoms with Crippen molar-refractivity contribution in [2.24, 2.45) is 0 Å². The van der Waals surface area contributed by atoms with Gasteiger partial charge in [0.1, 0.15) is 6.20 Å². The molecule has 0 unspecified atom stereocenters. The normalized spacial score (nSPS) is 11.1. The molecule has 0 bridgehead atoms. The molecule has 0 aromatic carbocycles. The third-order valence-corrected chi connectivity index (χ3v) is 2.04. The van der Waals surface area contributed by atoms with Crippen LogP contribution in [-0.4, -0.2) is 14.6 Å². The second-order valence-electron chi connectivity index (χ2n) is 2.82. The van der Waals surface area contributed by atoms with Gasteiger partial charge in [-0.3, -0.25) is 0 Å². The molecule has 4 nitrogen and oxygen atoms in total. The van der Waals surface area contributed by atoms with Gasteiger partial charge in [-0.05, 0) is 18.2 Å². The molecule has 3 heterocycles. The van der Waals surface area contributed by atoms with E-state index >= 15 is 0 Å². The molecule has 0 saturated carbocycles. The van der Waals surface area contributed by atoms with E-state index in [4.69, 9.17) is 0 Å². The van der Waals surface area contributed by atoms with E-state index in [-0.39, 0.29) is 0 Å². The van der Waals surface area contributed by atoms with Crippen molar-refractivity contribution >= 4 is 11.2 Å². The lowest BCUT2D eigenvalue weighted by Crippen LogP contribution is -2.32. The summed E-state index contributed by atoms with van der Waals surface area (Å²) in [5.74, 6) is 0. The first-order valence-corrected chi connectivity index (χ1v) is 4.04. The van der Waals surface area contributed by atoms with Gasteiger partial charge in [0.2, 0.25) is 0 Å². The van der Waals surface area contributed by atoms with Crippen LogP contribution in [0.1, 0.15) is 0 Å². The summed E-state index contributed by atoms with van der Waals surface area (Å²) < 4.78 is 3.65. The van der Waals surface area contributed by atoms with Crippen LogP contribution in [0, 0.1) is 0 Å². The fourth-order valence-electron chi connectivity index (χ4n) is 1.44. The Morgan fingerprint density at radius 2 is 2.15 bits per heavy atom. The Kier molecular flexibility index (Phi) is 1.14. The fourth-order valence-corrected chi connectivity index (χ4v) is 1.44. The third kappa shape index (κ3) is 0.823. The van der Waals surface area contributed by atoms with Gasteiger partial charge in [0.25, 0.3) is 0 Å². The van der Waals surface area contributed by atoms with Crippen molar-refractivity contribution in [3.63, 3.8) is 0 Å². The minimum absolute atomic E-state index is 0.963. The molecule has 0 saturated heterocycles. The molecule has 3 rings (SSSR count). The van der Waals surface area contributed by atoms with Crippen LogP contribution in [-0.2, 0) is 0 Å². The van der Waals surface area contributed by atoms with Gasteiger partial charge >= 0.3 is 5.65 Å². The molecule has 0 radical (unpaired) electrons. The molecular weight excluding hydrogens is 164 g/mol. The van der Waals surface area contributed by atoms with E-state index in [1.807, 2.05) is 34.9 Å². The molecule has 4 heteroatoms. The Morgan fingerprint density at radius 3 is 3.15 bits per heavy atom. The lowest BCUT2D eigenvalue weighted by atomic mass is 10.5. The Balaban J connectivity index is 2.65. The molecule has 13 heavy (non-hydrogen) atoms. The molecule has 0 aliphatic carbocycles. The molecule has 3 aromatic rings. The fraction of sp³-hybridized carbons (Fsp3) is 0. The first kappa shape index (κ1) is 6.54. The highest BCUT2D eigenvalue weighted by molar-refractivity contribution is 5.50. The van der Waals surface area contributed by atoms with Gasteiger partial charge < -0.3 is 0 Å². The SMILES string of the molecule is c1cn[n+]2ncc3cccn3c2c1. The summed E-state index contributed by atoms with van der Waals surface area (Å²) in [7, 11) is 0. The molecule has 0 fully saturated rings. The molecule has 3 aromatic heterocycles. The van der Waals surface area contributed by atoms with Gasteiger partial charge in [0, 0.05) is 10.7 Å². The molecular formula is C9H7N4+. The van der Waals surface area contributed by atoms with Crippen molar-refractivity contribution in [1.29, 1.82) is 0 Å². The smallest absolute Gasteiger partial charge is 0.194 e. The third-order valence-electron chi connectivity index (χ3n) is 2.04. The predicted molar refractivity (Wildman–Crippen MR) is 46.1 cm³/mol. The summed E-state index contributed by atoms with van der Waals surface area (Å²) in [5, 5.41) is 8.26. The van der Waals surface area contributed by atoms with Crippen molar-refractivity contribution in [1.82, 2.24) is 14.6 Å². The molecule has 0 spiro atoms. The van der Waals surface area contributed by atoms with Crippen LogP contribution >= 0.6 is 0 Å². The summed E-state index contributed by atoms with van der Waals surface area (Å²) in [5.41, 5.74) is 2.04. The van der Waals surface area contributed by atoms with Crippen LogP contribution in [0.5, 0.6) is 0 Å². The van der Waals surface area contributed by atoms with Gasteiger partial charge in [0.15, 0.2) is 5.52 Å². The molecule has 0 atom stereocenters. The van der Waals surface area contributed by atoms with Crippen LogP contribution in [0.4, 0.5) is 0 Å². The summed E-state index contributed by atoms with van der Waals surface area (Å²) in [6.45, 7) is 0. The quantitative estimate of drug-likeness (QED) is 0.461. The van der Waals surface area contributed by atoms with Gasteiger partial charge in [-0.15, -0.1) is 0 Å². The molecule has 0 aliphatic rings. The zero-order chi connectivity index (χ0) is 8.67. The van der Waals surface area contributed by atoms with Crippen molar-refractivity contribution in [3.8, 4) is 0 Å². The first-order valence-electron chi connectivity index (χ1n) is 4.04. The van der Waals surface area contributed by atoms with Gasteiger partial charge in [-0.2, -0.15) is 4.40 Å². The van der Waals surface area contributed by atoms with Crippen molar-refractivity contribution in [2.75, 3.05) is 0 Å². The van der Waals surface area contributed by atoms with E-state index in [9.17, 15) is 0 Å². The van der Waals surface area contributed by atoms with Crippen molar-refractivity contribution < 1.29 is 4.63 Å². The van der Waals surface area contributed by atoms with E-state index in [0.717, 1.165) is 11.2 Å². The van der Waals surface area contributed by atoms with Gasteiger partial charge in [-0.1, -0.05) is 10.2 Å². The Morgan fingerprint density at radius 1 is 1.15 bits per heavy atom. The molecule has 0 N–H and O–H groups in total. The van der Waals surface area contributed by atoms with Crippen molar-refractivity contribution in [3.05, 3.63) is 42.9 Å². The maximum Gasteiger partial charge on any atom is 0.335 e. The number of fused-ring (bicyclic) bond motifs is 3. The highest BCUT2D eigenvalue weighted by atomic mass is 15.4. The van der Waals surface area contributed by atoms with Gasteiger partial charge in [0.05, 0.1) is 12.4 Å². The average molecular weight is 171 g/mol. The van der Waals surface area contributed by atoms with Crippen LogP contribution in [0.2, 0.25) is 0 Å². The average Bonchev–Trinajstić information content (AvgIpc) is 2.65. The maximum atomic E-state index is 4.17. The maximum absolute atomic E-state index is 4.17. The highest BCUT2D eigenvalue weighted by Crippen LogP contribution is 2.03. The van der Waals surface area contributed by atoms with E-state index in [1.54, 1.807) is 17.0 Å². The molecule has 62 valence electrons. The topological polar surface area (TPSA) is 34.3 Å². The van der Waals surface area contributed by atoms with E-state index in [2.05, 4.69) is 10.2 Å². The summed E-state index contributed by atoms with van der Waals surface area (Å²) in [6, 6.07) is 7.88. The zero-order valence-corrected chi connectivity index (χ0v) is 6.83. The summed E-state index contributed by atoms with van der Waals surface area (Å²) in [6.07, 6.45) is 5.50. The van der Waals surface area contributed by atoms with E-state index in [0.29, 0.717) is 0 Å². The number of aromatic nitrogens is 4. The lowest BCUT2D eigenvalue weighted by molar-refractivity contribution is -0.646. The Hall–Kier alpha value is -1.97. The highest BCUT2D eigenvalue weighted by Gasteiger charge is 2.07. The zero-order valence-electron chi connectivity index (χ0n) is 6.83. The standard InChI is InChI=1S/C9H7N4/c1-4-9-12-6-2-3-8(12)7-11-13(9)10-5-1/h1-7H/q+1. The van der Waals surface area contributed by atoms with Crippen LogP contribution in [0.25, 0.3) is 11.2 Å². The van der Waals surface area contributed by atoms with Crippen LogP contribution < -0.4 is 4.63 Å². The summed E-state index contributed by atoms with van der Waals surface area (Å²) >= 11 is 0. The number of nitrogens with zero attached hydrogens (tertiary/aromatic N) is 4. The van der Waals surface area contributed by atoms with Gasteiger partial charge in [-0.25, -0.2) is 0 Å². The molecule has 0 aliphatic heterocycles. The van der Waals surface area contributed by atoms with Crippen LogP contribution in [0.15, 0.2) is 42.9 Å². The predicted octanol–water partition coefficient (Wildman–Crippen LogP) is 0.468. The number of hydrogen-bond acceptors (Lipinski definition) is 2. The second-order valence-corrected chi connectivity index (χ2v) is 2.82. The van der Waals surface area contributed by atoms with Crippen LogP contribution in [0.3, 0.4) is 0 Å². The molecule has 0 amide bonds. The van der Waals surface area contributed by atoms with Crippen molar-refractivity contribution in [2.45, 2.75) is 0 Å². The largest absolute Gasteiger partial charge is 0.335 e.